The molecular weight excluding hydrogens is 371 g/mol. The van der Waals surface area contributed by atoms with Crippen LogP contribution in [-0.2, 0) is 22.5 Å². The topological polar surface area (TPSA) is 90.7 Å². The van der Waals surface area contributed by atoms with Gasteiger partial charge in [-0.05, 0) is 47.5 Å². The van der Waals surface area contributed by atoms with Crippen molar-refractivity contribution < 1.29 is 23.1 Å². The van der Waals surface area contributed by atoms with Crippen molar-refractivity contribution in [1.82, 2.24) is 4.98 Å². The van der Waals surface area contributed by atoms with E-state index in [1.807, 2.05) is 0 Å². The molecule has 2 aromatic carbocycles. The number of pyridine rings is 1. The fraction of sp³-hybridized carbons (Fsp3) is 0.0526. The number of rotatable bonds is 6. The number of carbonyl (C=O) groups is 1. The second-order valence-corrected chi connectivity index (χ2v) is 6.46. The summed E-state index contributed by atoms with van der Waals surface area (Å²) in [5.74, 6) is -1.21. The highest BCUT2D eigenvalue weighted by Crippen LogP contribution is 2.28. The van der Waals surface area contributed by atoms with Crippen LogP contribution in [0.2, 0.25) is 0 Å². The first kappa shape index (κ1) is 18.7. The summed E-state index contributed by atoms with van der Waals surface area (Å²) in [7, 11) is 0. The maximum Gasteiger partial charge on any atom is 0.309 e. The number of hydrogen-bond donors (Lipinski definition) is 2. The highest BCUT2D eigenvalue weighted by Gasteiger charge is 2.17. The molecule has 0 bridgehead atoms. The number of aliphatic carboxylic acids is 1. The maximum absolute atomic E-state index is 13.0. The van der Waals surface area contributed by atoms with Crippen LogP contribution in [0, 0.1) is 5.82 Å². The van der Waals surface area contributed by atoms with Gasteiger partial charge in [0.05, 0.1) is 17.8 Å². The predicted molar refractivity (Wildman–Crippen MR) is 100 cm³/mol. The Morgan fingerprint density at radius 3 is 2.15 bits per heavy atom. The van der Waals surface area contributed by atoms with Crippen LogP contribution in [0.1, 0.15) is 5.69 Å². The van der Waals surface area contributed by atoms with Crippen LogP contribution in [-0.4, -0.2) is 24.8 Å². The number of nitrogens with zero attached hydrogens (tertiary/aromatic N) is 2. The van der Waals surface area contributed by atoms with E-state index in [1.54, 1.807) is 42.5 Å². The molecule has 0 radical (unpaired) electrons. The smallest absolute Gasteiger partial charge is 0.309 e. The van der Waals surface area contributed by atoms with E-state index in [0.29, 0.717) is 5.69 Å². The Morgan fingerprint density at radius 1 is 1.00 bits per heavy atom. The van der Waals surface area contributed by atoms with Gasteiger partial charge < -0.3 is 5.11 Å². The minimum Gasteiger partial charge on any atom is -0.481 e. The Labute approximate surface area is 157 Å². The monoisotopic (exact) mass is 386 g/mol. The molecule has 0 amide bonds. The first-order valence-corrected chi connectivity index (χ1v) is 8.95. The lowest BCUT2D eigenvalue weighted by Crippen LogP contribution is -2.21. The SMILES string of the molecule is O=C(O)Cc1cccc(N(c2ccc(-c3ccc(F)cc3)cc2)S(=O)O)n1. The second-order valence-electron chi connectivity index (χ2n) is 5.64. The fourth-order valence-electron chi connectivity index (χ4n) is 2.57. The quantitative estimate of drug-likeness (QED) is 0.629. The summed E-state index contributed by atoms with van der Waals surface area (Å²) in [4.78, 5) is 15.0. The number of carboxylic acids is 1. The maximum atomic E-state index is 13.0. The summed E-state index contributed by atoms with van der Waals surface area (Å²) < 4.78 is 35.7. The zero-order chi connectivity index (χ0) is 19.4. The molecule has 6 nitrogen and oxygen atoms in total. The number of benzene rings is 2. The van der Waals surface area contributed by atoms with Crippen LogP contribution in [0.3, 0.4) is 0 Å². The average molecular weight is 386 g/mol. The minimum atomic E-state index is -2.41. The van der Waals surface area contributed by atoms with E-state index >= 15 is 0 Å². The molecule has 8 heteroatoms. The molecule has 1 heterocycles. The summed E-state index contributed by atoms with van der Waals surface area (Å²) >= 11 is -2.41. The molecule has 0 aliphatic carbocycles. The van der Waals surface area contributed by atoms with Crippen molar-refractivity contribution in [3.05, 3.63) is 78.2 Å². The number of anilines is 2. The van der Waals surface area contributed by atoms with E-state index in [0.717, 1.165) is 15.4 Å². The molecule has 0 saturated heterocycles. The normalized spacial score (nSPS) is 11.8. The molecule has 1 atom stereocenters. The largest absolute Gasteiger partial charge is 0.481 e. The summed E-state index contributed by atoms with van der Waals surface area (Å²) in [6.07, 6.45) is -0.288. The number of halogens is 1. The predicted octanol–water partition coefficient (Wildman–Crippen LogP) is 3.79. The first-order valence-electron chi connectivity index (χ1n) is 7.89. The van der Waals surface area contributed by atoms with Crippen molar-refractivity contribution in [1.29, 1.82) is 0 Å². The number of carboxylic acid groups (broad SMARTS) is 1. The van der Waals surface area contributed by atoms with E-state index in [4.69, 9.17) is 5.11 Å². The summed E-state index contributed by atoms with van der Waals surface area (Å²) in [5.41, 5.74) is 2.30. The Balaban J connectivity index is 1.92. The van der Waals surface area contributed by atoms with Gasteiger partial charge in [-0.1, -0.05) is 30.3 Å². The van der Waals surface area contributed by atoms with Crippen LogP contribution in [0.4, 0.5) is 15.9 Å². The summed E-state index contributed by atoms with van der Waals surface area (Å²) in [6.45, 7) is 0. The third-order valence-corrected chi connectivity index (χ3v) is 4.48. The van der Waals surface area contributed by atoms with Gasteiger partial charge in [-0.2, -0.15) is 0 Å². The fourth-order valence-corrected chi connectivity index (χ4v) is 3.13. The van der Waals surface area contributed by atoms with Gasteiger partial charge in [-0.15, -0.1) is 0 Å². The molecule has 3 rings (SSSR count). The molecule has 0 fully saturated rings. The Kier molecular flexibility index (Phi) is 5.58. The molecule has 0 saturated carbocycles. The van der Waals surface area contributed by atoms with Gasteiger partial charge in [0.1, 0.15) is 11.6 Å². The van der Waals surface area contributed by atoms with Gasteiger partial charge in [0.15, 0.2) is 0 Å². The molecule has 27 heavy (non-hydrogen) atoms. The summed E-state index contributed by atoms with van der Waals surface area (Å²) in [5, 5.41) is 8.89. The molecule has 3 aromatic rings. The molecular formula is C19H15FN2O4S. The number of aromatic nitrogens is 1. The summed E-state index contributed by atoms with van der Waals surface area (Å²) in [6, 6.07) is 17.4. The first-order chi connectivity index (χ1) is 12.9. The van der Waals surface area contributed by atoms with Gasteiger partial charge in [-0.3, -0.25) is 9.35 Å². The van der Waals surface area contributed by atoms with Gasteiger partial charge in [0, 0.05) is 0 Å². The van der Waals surface area contributed by atoms with E-state index < -0.39 is 17.2 Å². The van der Waals surface area contributed by atoms with E-state index in [9.17, 15) is 17.9 Å². The lowest BCUT2D eigenvalue weighted by atomic mass is 10.1. The van der Waals surface area contributed by atoms with Crippen molar-refractivity contribution in [2.75, 3.05) is 4.31 Å². The van der Waals surface area contributed by atoms with Crippen LogP contribution in [0.15, 0.2) is 66.7 Å². The lowest BCUT2D eigenvalue weighted by Gasteiger charge is -2.19. The van der Waals surface area contributed by atoms with Crippen molar-refractivity contribution in [3.8, 4) is 11.1 Å². The second kappa shape index (κ2) is 8.07. The van der Waals surface area contributed by atoms with Crippen LogP contribution in [0.5, 0.6) is 0 Å². The van der Waals surface area contributed by atoms with Crippen molar-refractivity contribution in [2.24, 2.45) is 0 Å². The van der Waals surface area contributed by atoms with Gasteiger partial charge >= 0.3 is 5.97 Å². The van der Waals surface area contributed by atoms with Gasteiger partial charge in [0.25, 0.3) is 11.3 Å². The van der Waals surface area contributed by atoms with Crippen molar-refractivity contribution >= 4 is 28.7 Å². The minimum absolute atomic E-state index is 0.157. The van der Waals surface area contributed by atoms with E-state index in [2.05, 4.69) is 4.98 Å². The van der Waals surface area contributed by atoms with Crippen molar-refractivity contribution in [2.45, 2.75) is 6.42 Å². The van der Waals surface area contributed by atoms with Gasteiger partial charge in [0.2, 0.25) is 0 Å². The lowest BCUT2D eigenvalue weighted by molar-refractivity contribution is -0.136. The standard InChI is InChI=1S/C19H15FN2O4S/c20-15-8-4-13(5-9-15)14-6-10-17(11-7-14)22(27(25)26)18-3-1-2-16(21-18)12-19(23)24/h1-11H,12H2,(H,23,24)(H,25,26). The Bertz CT molecular complexity index is 978. The Hall–Kier alpha value is -3.10. The molecule has 1 aromatic heterocycles. The third-order valence-electron chi connectivity index (χ3n) is 3.77. The zero-order valence-corrected chi connectivity index (χ0v) is 14.8. The molecule has 2 N–H and O–H groups in total. The third kappa shape index (κ3) is 4.55. The molecule has 1 unspecified atom stereocenters. The molecule has 0 spiro atoms. The highest BCUT2D eigenvalue weighted by atomic mass is 32.2. The van der Waals surface area contributed by atoms with E-state index in [-0.39, 0.29) is 23.7 Å². The van der Waals surface area contributed by atoms with Crippen LogP contribution >= 0.6 is 0 Å². The average Bonchev–Trinajstić information content (AvgIpc) is 2.63. The van der Waals surface area contributed by atoms with Crippen LogP contribution in [0.25, 0.3) is 11.1 Å². The zero-order valence-electron chi connectivity index (χ0n) is 13.9. The Morgan fingerprint density at radius 2 is 1.59 bits per heavy atom. The molecule has 0 aliphatic heterocycles. The number of hydrogen-bond acceptors (Lipinski definition) is 3. The molecule has 0 aliphatic rings. The van der Waals surface area contributed by atoms with Gasteiger partial charge in [-0.25, -0.2) is 17.9 Å². The van der Waals surface area contributed by atoms with Crippen LogP contribution < -0.4 is 4.31 Å². The molecule has 138 valence electrons. The van der Waals surface area contributed by atoms with Crippen molar-refractivity contribution in [3.63, 3.8) is 0 Å². The van der Waals surface area contributed by atoms with E-state index in [1.165, 1.54) is 24.3 Å². The highest BCUT2D eigenvalue weighted by molar-refractivity contribution is 7.81.